The molecule has 0 aromatic heterocycles. The third-order valence-corrected chi connectivity index (χ3v) is 4.50. The molecule has 0 radical (unpaired) electrons. The van der Waals surface area contributed by atoms with Crippen molar-refractivity contribution >= 4 is 38.2 Å². The molecule has 108 valence electrons. The van der Waals surface area contributed by atoms with Gasteiger partial charge in [-0.3, -0.25) is 19.1 Å². The Morgan fingerprint density at radius 3 is 2.57 bits per heavy atom. The van der Waals surface area contributed by atoms with Gasteiger partial charge in [-0.2, -0.15) is 0 Å². The van der Waals surface area contributed by atoms with Crippen molar-refractivity contribution in [3.63, 3.8) is 0 Å². The average Bonchev–Trinajstić information content (AvgIpc) is 2.47. The Kier molecular flexibility index (Phi) is 4.98. The van der Waals surface area contributed by atoms with Crippen molar-refractivity contribution in [1.29, 1.82) is 0 Å². The number of non-ortho nitro benzene ring substituents is 1. The molecule has 2 rings (SSSR count). The minimum atomic E-state index is -1.49. The van der Waals surface area contributed by atoms with E-state index >= 15 is 0 Å². The van der Waals surface area contributed by atoms with Gasteiger partial charge in [0.1, 0.15) is 0 Å². The molecule has 0 aliphatic heterocycles. The Morgan fingerprint density at radius 2 is 1.90 bits per heavy atom. The molecule has 2 aromatic carbocycles. The molecule has 0 aliphatic carbocycles. The van der Waals surface area contributed by atoms with Crippen LogP contribution >= 0.6 is 15.9 Å². The second-order valence-corrected chi connectivity index (χ2v) is 6.54. The summed E-state index contributed by atoms with van der Waals surface area (Å²) in [5, 5.41) is 10.7. The Labute approximate surface area is 131 Å². The molecule has 21 heavy (non-hydrogen) atoms. The summed E-state index contributed by atoms with van der Waals surface area (Å²) in [7, 11) is -1.49. The van der Waals surface area contributed by atoms with Crippen LogP contribution in [-0.4, -0.2) is 20.7 Å². The van der Waals surface area contributed by atoms with E-state index in [0.29, 0.717) is 4.90 Å². The van der Waals surface area contributed by atoms with Gasteiger partial charge >= 0.3 is 0 Å². The molecule has 0 saturated heterocycles. The maximum Gasteiger partial charge on any atom is 0.270 e. The SMILES string of the molecule is O=C(CS(=O)c1cccc(Br)c1)c1cccc([N+](=O)[O-])c1. The number of carbonyl (C=O) groups excluding carboxylic acids is 1. The summed E-state index contributed by atoms with van der Waals surface area (Å²) in [5.41, 5.74) is 0.0293. The van der Waals surface area contributed by atoms with Gasteiger partial charge in [-0.1, -0.05) is 34.1 Å². The van der Waals surface area contributed by atoms with Crippen LogP contribution in [0.1, 0.15) is 10.4 Å². The van der Waals surface area contributed by atoms with Gasteiger partial charge in [0, 0.05) is 27.1 Å². The van der Waals surface area contributed by atoms with Crippen molar-refractivity contribution in [3.05, 3.63) is 68.7 Å². The predicted molar refractivity (Wildman–Crippen MR) is 82.8 cm³/mol. The van der Waals surface area contributed by atoms with Gasteiger partial charge in [0.25, 0.3) is 5.69 Å². The van der Waals surface area contributed by atoms with Crippen LogP contribution < -0.4 is 0 Å². The highest BCUT2D eigenvalue weighted by molar-refractivity contribution is 9.10. The van der Waals surface area contributed by atoms with Gasteiger partial charge in [0.05, 0.1) is 21.5 Å². The quantitative estimate of drug-likeness (QED) is 0.461. The fourth-order valence-corrected chi connectivity index (χ4v) is 3.30. The minimum absolute atomic E-state index is 0.158. The average molecular weight is 368 g/mol. The second kappa shape index (κ2) is 6.73. The highest BCUT2D eigenvalue weighted by Crippen LogP contribution is 2.17. The Balaban J connectivity index is 2.16. The predicted octanol–water partition coefficient (Wildman–Crippen LogP) is 3.35. The summed E-state index contributed by atoms with van der Waals surface area (Å²) in [6, 6.07) is 12.3. The number of nitrogens with zero attached hydrogens (tertiary/aromatic N) is 1. The number of benzene rings is 2. The third-order valence-electron chi connectivity index (χ3n) is 2.70. The summed E-state index contributed by atoms with van der Waals surface area (Å²) in [4.78, 5) is 22.7. The molecular formula is C14H10BrNO4S. The molecule has 0 N–H and O–H groups in total. The number of rotatable bonds is 5. The van der Waals surface area contributed by atoms with E-state index in [1.165, 1.54) is 24.3 Å². The Bertz CT molecular complexity index is 732. The van der Waals surface area contributed by atoms with Crippen LogP contribution in [0.25, 0.3) is 0 Å². The van der Waals surface area contributed by atoms with E-state index in [9.17, 15) is 19.1 Å². The van der Waals surface area contributed by atoms with Crippen LogP contribution in [0, 0.1) is 10.1 Å². The molecular weight excluding hydrogens is 358 g/mol. The molecule has 1 atom stereocenters. The standard InChI is InChI=1S/C14H10BrNO4S/c15-11-4-2-6-13(8-11)21(20)9-14(17)10-3-1-5-12(7-10)16(18)19/h1-8H,9H2. The zero-order valence-corrected chi connectivity index (χ0v) is 13.1. The number of hydrogen-bond acceptors (Lipinski definition) is 4. The summed E-state index contributed by atoms with van der Waals surface area (Å²) >= 11 is 3.27. The van der Waals surface area contributed by atoms with Crippen molar-refractivity contribution < 1.29 is 13.9 Å². The molecule has 5 nitrogen and oxygen atoms in total. The molecule has 1 unspecified atom stereocenters. The van der Waals surface area contributed by atoms with Gasteiger partial charge in [0.2, 0.25) is 0 Å². The first-order valence-electron chi connectivity index (χ1n) is 5.89. The van der Waals surface area contributed by atoms with Gasteiger partial charge in [-0.15, -0.1) is 0 Å². The highest BCUT2D eigenvalue weighted by atomic mass is 79.9. The molecule has 7 heteroatoms. The van der Waals surface area contributed by atoms with Gasteiger partial charge < -0.3 is 0 Å². The zero-order chi connectivity index (χ0) is 15.4. The summed E-state index contributed by atoms with van der Waals surface area (Å²) in [5.74, 6) is -0.602. The molecule has 0 bridgehead atoms. The highest BCUT2D eigenvalue weighted by Gasteiger charge is 2.15. The molecule has 0 amide bonds. The molecule has 0 fully saturated rings. The lowest BCUT2D eigenvalue weighted by atomic mass is 10.1. The van der Waals surface area contributed by atoms with E-state index < -0.39 is 21.5 Å². The van der Waals surface area contributed by atoms with Crippen LogP contribution in [-0.2, 0) is 10.8 Å². The second-order valence-electron chi connectivity index (χ2n) is 4.18. The zero-order valence-electron chi connectivity index (χ0n) is 10.7. The van der Waals surface area contributed by atoms with Gasteiger partial charge in [-0.05, 0) is 18.2 Å². The van der Waals surface area contributed by atoms with Crippen molar-refractivity contribution in [2.24, 2.45) is 0 Å². The first-order valence-corrected chi connectivity index (χ1v) is 8.00. The number of carbonyl (C=O) groups is 1. The minimum Gasteiger partial charge on any atom is -0.293 e. The maximum atomic E-state index is 12.1. The van der Waals surface area contributed by atoms with Crippen molar-refractivity contribution in [2.75, 3.05) is 5.75 Å². The lowest BCUT2D eigenvalue weighted by molar-refractivity contribution is -0.384. The van der Waals surface area contributed by atoms with Crippen molar-refractivity contribution in [3.8, 4) is 0 Å². The van der Waals surface area contributed by atoms with Crippen molar-refractivity contribution in [1.82, 2.24) is 0 Å². The number of hydrogen-bond donors (Lipinski definition) is 0. The summed E-state index contributed by atoms with van der Waals surface area (Å²) < 4.78 is 12.9. The van der Waals surface area contributed by atoms with Crippen LogP contribution in [0.5, 0.6) is 0 Å². The number of halogens is 1. The van der Waals surface area contributed by atoms with Crippen LogP contribution in [0.2, 0.25) is 0 Å². The maximum absolute atomic E-state index is 12.1. The van der Waals surface area contributed by atoms with E-state index in [4.69, 9.17) is 0 Å². The third kappa shape index (κ3) is 4.05. The number of ketones is 1. The first kappa shape index (κ1) is 15.5. The van der Waals surface area contributed by atoms with E-state index in [2.05, 4.69) is 15.9 Å². The largest absolute Gasteiger partial charge is 0.293 e. The number of Topliss-reactive ketones (excluding diaryl/α,β-unsaturated/α-hetero) is 1. The van der Waals surface area contributed by atoms with E-state index in [0.717, 1.165) is 4.47 Å². The normalized spacial score (nSPS) is 11.9. The molecule has 0 heterocycles. The monoisotopic (exact) mass is 367 g/mol. The summed E-state index contributed by atoms with van der Waals surface area (Å²) in [6.07, 6.45) is 0. The number of nitro benzene ring substituents is 1. The molecule has 0 saturated carbocycles. The molecule has 0 aliphatic rings. The lowest BCUT2D eigenvalue weighted by Crippen LogP contribution is -2.11. The summed E-state index contributed by atoms with van der Waals surface area (Å²) in [6.45, 7) is 0. The Hall–Kier alpha value is -1.86. The van der Waals surface area contributed by atoms with Crippen molar-refractivity contribution in [2.45, 2.75) is 4.90 Å². The lowest BCUT2D eigenvalue weighted by Gasteiger charge is -2.03. The van der Waals surface area contributed by atoms with Gasteiger partial charge in [-0.25, -0.2) is 0 Å². The van der Waals surface area contributed by atoms with Crippen LogP contribution in [0.3, 0.4) is 0 Å². The van der Waals surface area contributed by atoms with Gasteiger partial charge in [0.15, 0.2) is 5.78 Å². The van der Waals surface area contributed by atoms with Crippen LogP contribution in [0.15, 0.2) is 57.9 Å². The molecule has 0 spiro atoms. The fraction of sp³-hybridized carbons (Fsp3) is 0.0714. The van der Waals surface area contributed by atoms with E-state index in [1.54, 1.807) is 24.3 Å². The fourth-order valence-electron chi connectivity index (χ4n) is 1.69. The topological polar surface area (TPSA) is 77.3 Å². The van der Waals surface area contributed by atoms with E-state index in [1.807, 2.05) is 0 Å². The number of nitro groups is 1. The Morgan fingerprint density at radius 1 is 1.19 bits per heavy atom. The van der Waals surface area contributed by atoms with E-state index in [-0.39, 0.29) is 17.0 Å². The van der Waals surface area contributed by atoms with Crippen LogP contribution in [0.4, 0.5) is 5.69 Å². The molecule has 2 aromatic rings. The first-order chi connectivity index (χ1) is 9.97. The smallest absolute Gasteiger partial charge is 0.270 e.